The van der Waals surface area contributed by atoms with Crippen molar-refractivity contribution in [3.05, 3.63) is 63.7 Å². The Hall–Kier alpha value is -2.49. The lowest BCUT2D eigenvalue weighted by atomic mass is 10.0. The summed E-state index contributed by atoms with van der Waals surface area (Å²) in [6.45, 7) is 3.85. The molecule has 0 saturated carbocycles. The first-order valence-electron chi connectivity index (χ1n) is 10.1. The molecule has 4 rings (SSSR count). The van der Waals surface area contributed by atoms with Crippen molar-refractivity contribution in [2.75, 3.05) is 37.7 Å². The number of non-ortho nitro benzene ring substituents is 1. The highest BCUT2D eigenvalue weighted by Gasteiger charge is 2.35. The summed E-state index contributed by atoms with van der Waals surface area (Å²) in [6.07, 6.45) is 1.82. The summed E-state index contributed by atoms with van der Waals surface area (Å²) in [6, 6.07) is 12.4. The molecule has 1 atom stereocenters. The van der Waals surface area contributed by atoms with Crippen molar-refractivity contribution < 1.29 is 18.1 Å². The van der Waals surface area contributed by atoms with Gasteiger partial charge in [0.2, 0.25) is 10.0 Å². The number of nitro benzene ring substituents is 1. The molecule has 0 amide bonds. The molecule has 2 aromatic rings. The molecule has 30 heavy (non-hydrogen) atoms. The minimum Gasteiger partial charge on any atom is -0.379 e. The maximum absolute atomic E-state index is 13.5. The topological polar surface area (TPSA) is 93.0 Å². The number of hydrogen-bond acceptors (Lipinski definition) is 6. The van der Waals surface area contributed by atoms with Gasteiger partial charge in [0.05, 0.1) is 29.9 Å². The lowest BCUT2D eigenvalue weighted by Crippen LogP contribution is -2.41. The molecule has 0 aliphatic carbocycles. The Morgan fingerprint density at radius 3 is 2.57 bits per heavy atom. The zero-order valence-corrected chi connectivity index (χ0v) is 17.7. The number of sulfonamides is 1. The number of nitro groups is 1. The Morgan fingerprint density at radius 1 is 1.10 bits per heavy atom. The minimum absolute atomic E-state index is 0.00171. The van der Waals surface area contributed by atoms with Gasteiger partial charge in [0.25, 0.3) is 5.69 Å². The average molecular weight is 432 g/mol. The van der Waals surface area contributed by atoms with E-state index < -0.39 is 14.9 Å². The van der Waals surface area contributed by atoms with Crippen LogP contribution in [0.25, 0.3) is 0 Å². The van der Waals surface area contributed by atoms with E-state index in [-0.39, 0.29) is 29.7 Å². The summed E-state index contributed by atoms with van der Waals surface area (Å²) in [4.78, 5) is 12.9. The van der Waals surface area contributed by atoms with Crippen LogP contribution in [0, 0.1) is 17.0 Å². The molecule has 2 heterocycles. The van der Waals surface area contributed by atoms with Gasteiger partial charge in [-0.3, -0.25) is 10.1 Å². The van der Waals surface area contributed by atoms with Crippen LogP contribution >= 0.6 is 0 Å². The standard InChI is InChI=1S/C21H25N3O5S/c1-16-4-2-5-17(14-16)19-6-3-9-23(19)20-8-7-18(24(25)26)15-21(20)30(27,28)22-10-12-29-13-11-22/h2,4-5,7-8,14-15,19H,3,6,9-13H2,1H3. The van der Waals surface area contributed by atoms with Crippen molar-refractivity contribution >= 4 is 21.4 Å². The molecule has 2 fully saturated rings. The van der Waals surface area contributed by atoms with Crippen LogP contribution in [0.4, 0.5) is 11.4 Å². The first kappa shape index (κ1) is 20.8. The lowest BCUT2D eigenvalue weighted by Gasteiger charge is -2.31. The fourth-order valence-electron chi connectivity index (χ4n) is 4.27. The van der Waals surface area contributed by atoms with Crippen molar-refractivity contribution in [2.45, 2.75) is 30.7 Å². The summed E-state index contributed by atoms with van der Waals surface area (Å²) in [7, 11) is -3.89. The molecule has 2 aliphatic heterocycles. The van der Waals surface area contributed by atoms with Gasteiger partial charge in [-0.15, -0.1) is 0 Å². The minimum atomic E-state index is -3.89. The smallest absolute Gasteiger partial charge is 0.270 e. The molecular formula is C21H25N3O5S. The van der Waals surface area contributed by atoms with Crippen LogP contribution in [0.5, 0.6) is 0 Å². The van der Waals surface area contributed by atoms with Gasteiger partial charge in [-0.1, -0.05) is 29.8 Å². The highest BCUT2D eigenvalue weighted by molar-refractivity contribution is 7.89. The molecule has 0 N–H and O–H groups in total. The molecule has 0 bridgehead atoms. The van der Waals surface area contributed by atoms with Crippen LogP contribution in [0.15, 0.2) is 47.4 Å². The van der Waals surface area contributed by atoms with E-state index in [1.807, 2.05) is 19.1 Å². The molecule has 0 radical (unpaired) electrons. The number of nitrogens with zero attached hydrogens (tertiary/aromatic N) is 3. The van der Waals surface area contributed by atoms with Crippen LogP contribution < -0.4 is 4.90 Å². The number of rotatable bonds is 5. The Morgan fingerprint density at radius 2 is 1.87 bits per heavy atom. The highest BCUT2D eigenvalue weighted by Crippen LogP contribution is 2.41. The molecule has 9 heteroatoms. The monoisotopic (exact) mass is 431 g/mol. The first-order valence-corrected chi connectivity index (χ1v) is 11.5. The van der Waals surface area contributed by atoms with Gasteiger partial charge in [-0.05, 0) is 31.4 Å². The maximum atomic E-state index is 13.5. The van der Waals surface area contributed by atoms with Crippen LogP contribution in [-0.4, -0.2) is 50.5 Å². The number of hydrogen-bond donors (Lipinski definition) is 0. The van der Waals surface area contributed by atoms with Crippen molar-refractivity contribution in [3.8, 4) is 0 Å². The molecule has 2 aliphatic rings. The van der Waals surface area contributed by atoms with Gasteiger partial charge in [0.1, 0.15) is 4.90 Å². The van der Waals surface area contributed by atoms with Crippen LogP contribution in [0.3, 0.4) is 0 Å². The lowest BCUT2D eigenvalue weighted by molar-refractivity contribution is -0.385. The number of aryl methyl sites for hydroxylation is 1. The third-order valence-corrected chi connectivity index (χ3v) is 7.66. The van der Waals surface area contributed by atoms with E-state index in [0.29, 0.717) is 25.4 Å². The van der Waals surface area contributed by atoms with E-state index in [9.17, 15) is 18.5 Å². The zero-order valence-electron chi connectivity index (χ0n) is 16.9. The summed E-state index contributed by atoms with van der Waals surface area (Å²) < 4.78 is 33.6. The third-order valence-electron chi connectivity index (χ3n) is 5.73. The van der Waals surface area contributed by atoms with Crippen molar-refractivity contribution in [2.24, 2.45) is 0 Å². The molecule has 0 spiro atoms. The van der Waals surface area contributed by atoms with Gasteiger partial charge >= 0.3 is 0 Å². The predicted molar refractivity (Wildman–Crippen MR) is 113 cm³/mol. The Kier molecular flexibility index (Phi) is 5.77. The molecule has 8 nitrogen and oxygen atoms in total. The van der Waals surface area contributed by atoms with E-state index in [1.165, 1.54) is 16.4 Å². The number of anilines is 1. The van der Waals surface area contributed by atoms with E-state index in [2.05, 4.69) is 17.0 Å². The summed E-state index contributed by atoms with van der Waals surface area (Å²) >= 11 is 0. The van der Waals surface area contributed by atoms with Crippen molar-refractivity contribution in [1.29, 1.82) is 0 Å². The fraction of sp³-hybridized carbons (Fsp3) is 0.429. The van der Waals surface area contributed by atoms with Crippen LogP contribution in [0.1, 0.15) is 30.0 Å². The Labute approximate surface area is 176 Å². The van der Waals surface area contributed by atoms with Crippen LogP contribution in [0.2, 0.25) is 0 Å². The van der Waals surface area contributed by atoms with E-state index in [1.54, 1.807) is 6.07 Å². The molecular weight excluding hydrogens is 406 g/mol. The highest BCUT2D eigenvalue weighted by atomic mass is 32.2. The molecule has 160 valence electrons. The first-order chi connectivity index (χ1) is 14.4. The van der Waals surface area contributed by atoms with Gasteiger partial charge in [-0.2, -0.15) is 4.31 Å². The molecule has 2 saturated heterocycles. The predicted octanol–water partition coefficient (Wildman–Crippen LogP) is 3.27. The van der Waals surface area contributed by atoms with Gasteiger partial charge in [0.15, 0.2) is 0 Å². The second-order valence-electron chi connectivity index (χ2n) is 7.69. The molecule has 1 unspecified atom stereocenters. The number of benzene rings is 2. The third kappa shape index (κ3) is 3.92. The summed E-state index contributed by atoms with van der Waals surface area (Å²) in [5.74, 6) is 0. The number of ether oxygens (including phenoxy) is 1. The average Bonchev–Trinajstić information content (AvgIpc) is 3.23. The fourth-order valence-corrected chi connectivity index (χ4v) is 5.89. The van der Waals surface area contributed by atoms with E-state index >= 15 is 0 Å². The summed E-state index contributed by atoms with van der Waals surface area (Å²) in [5.41, 5.74) is 2.57. The maximum Gasteiger partial charge on any atom is 0.270 e. The molecule has 2 aromatic carbocycles. The Balaban J connectivity index is 1.80. The Bertz CT molecular complexity index is 1050. The number of morpholine rings is 1. The van der Waals surface area contributed by atoms with Gasteiger partial charge < -0.3 is 9.64 Å². The summed E-state index contributed by atoms with van der Waals surface area (Å²) in [5, 5.41) is 11.4. The van der Waals surface area contributed by atoms with Crippen molar-refractivity contribution in [1.82, 2.24) is 4.31 Å². The normalized spacial score (nSPS) is 20.4. The second-order valence-corrected chi connectivity index (χ2v) is 9.60. The van der Waals surface area contributed by atoms with Crippen molar-refractivity contribution in [3.63, 3.8) is 0 Å². The van der Waals surface area contributed by atoms with Crippen LogP contribution in [-0.2, 0) is 14.8 Å². The van der Waals surface area contributed by atoms with Gasteiger partial charge in [-0.25, -0.2) is 8.42 Å². The quantitative estimate of drug-likeness (QED) is 0.533. The van der Waals surface area contributed by atoms with Gasteiger partial charge in [0, 0.05) is 31.8 Å². The SMILES string of the molecule is Cc1cccc(C2CCCN2c2ccc([N+](=O)[O-])cc2S(=O)(=O)N2CCOCC2)c1. The van der Waals surface area contributed by atoms with E-state index in [0.717, 1.165) is 24.0 Å². The van der Waals surface area contributed by atoms with E-state index in [4.69, 9.17) is 4.74 Å². The zero-order chi connectivity index (χ0) is 21.3. The second kappa shape index (κ2) is 8.33. The largest absolute Gasteiger partial charge is 0.379 e. The molecule has 0 aromatic heterocycles.